The zero-order chi connectivity index (χ0) is 24.1. The summed E-state index contributed by atoms with van der Waals surface area (Å²) in [4.78, 5) is 8.80. The molecule has 7 nitrogen and oxygen atoms in total. The first-order valence-corrected chi connectivity index (χ1v) is 12.5. The number of benzene rings is 2. The number of fused-ring (bicyclic) bond motifs is 1. The molecule has 172 valence electrons. The summed E-state index contributed by atoms with van der Waals surface area (Å²) >= 11 is 11.9. The summed E-state index contributed by atoms with van der Waals surface area (Å²) in [5, 5.41) is 10.6. The lowest BCUT2D eigenvalue weighted by Crippen LogP contribution is -2.03. The second-order valence-electron chi connectivity index (χ2n) is 7.08. The molecule has 34 heavy (non-hydrogen) atoms. The van der Waals surface area contributed by atoms with Gasteiger partial charge in [-0.25, -0.2) is 14.2 Å². The summed E-state index contributed by atoms with van der Waals surface area (Å²) in [6.45, 7) is 0.245. The predicted molar refractivity (Wildman–Crippen MR) is 135 cm³/mol. The normalized spacial score (nSPS) is 11.6. The maximum atomic E-state index is 11.3. The van der Waals surface area contributed by atoms with Crippen LogP contribution in [0, 0.1) is 11.3 Å². The van der Waals surface area contributed by atoms with E-state index in [1.165, 1.54) is 0 Å². The van der Waals surface area contributed by atoms with Gasteiger partial charge in [0.15, 0.2) is 11.4 Å². The first-order valence-electron chi connectivity index (χ1n) is 10.0. The minimum absolute atomic E-state index is 0.245. The van der Waals surface area contributed by atoms with Gasteiger partial charge in [0.05, 0.1) is 16.5 Å². The van der Waals surface area contributed by atoms with Crippen molar-refractivity contribution >= 4 is 51.0 Å². The summed E-state index contributed by atoms with van der Waals surface area (Å²) in [5.74, 6) is 2.08. The molecule has 1 N–H and O–H groups in total. The number of nitriles is 1. The van der Waals surface area contributed by atoms with E-state index in [9.17, 15) is 9.47 Å². The molecular formula is C24H18Cl2N4O3S. The first-order chi connectivity index (χ1) is 16.5. The molecule has 0 aliphatic carbocycles. The van der Waals surface area contributed by atoms with Gasteiger partial charge in [-0.15, -0.1) is 11.6 Å². The van der Waals surface area contributed by atoms with Crippen LogP contribution in [0.15, 0.2) is 60.8 Å². The molecule has 4 aromatic rings. The molecule has 0 fully saturated rings. The number of rotatable bonds is 8. The topological polar surface area (TPSA) is 97.1 Å². The molecule has 0 amide bonds. The quantitative estimate of drug-likeness (QED) is 0.293. The molecule has 2 aromatic heterocycles. The van der Waals surface area contributed by atoms with Crippen molar-refractivity contribution < 1.29 is 13.7 Å². The van der Waals surface area contributed by atoms with Crippen LogP contribution in [0.3, 0.4) is 0 Å². The van der Waals surface area contributed by atoms with Gasteiger partial charge in [-0.3, -0.25) is 4.72 Å². The molecule has 0 bridgehead atoms. The van der Waals surface area contributed by atoms with Gasteiger partial charge in [-0.2, -0.15) is 5.26 Å². The third kappa shape index (κ3) is 5.57. The molecule has 0 radical (unpaired) electrons. The van der Waals surface area contributed by atoms with E-state index < -0.39 is 11.0 Å². The second kappa shape index (κ2) is 10.7. The fraction of sp³-hybridized carbons (Fsp3) is 0.125. The monoisotopic (exact) mass is 512 g/mol. The Labute approximate surface area is 208 Å². The SMILES string of the molecule is CS(=O)Nc1ccc2cc(-c3ccc(Oc4cc(Cl)c(OCCCl)c(C#N)c4)cc3)cnc2n1. The lowest BCUT2D eigenvalue weighted by molar-refractivity contribution is 0.341. The Bertz CT molecular complexity index is 1410. The number of pyridine rings is 2. The molecular weight excluding hydrogens is 495 g/mol. The minimum atomic E-state index is -1.20. The van der Waals surface area contributed by atoms with Gasteiger partial charge in [-0.05, 0) is 35.9 Å². The van der Waals surface area contributed by atoms with Crippen molar-refractivity contribution in [1.29, 1.82) is 5.26 Å². The number of ether oxygens (including phenoxy) is 2. The number of aromatic nitrogens is 2. The second-order valence-corrected chi connectivity index (χ2v) is 8.98. The number of hydrogen-bond donors (Lipinski definition) is 1. The number of alkyl halides is 1. The van der Waals surface area contributed by atoms with Crippen molar-refractivity contribution in [3.63, 3.8) is 0 Å². The van der Waals surface area contributed by atoms with Crippen LogP contribution in [0.4, 0.5) is 5.82 Å². The maximum absolute atomic E-state index is 11.3. The fourth-order valence-corrected chi connectivity index (χ4v) is 3.97. The molecule has 1 atom stereocenters. The van der Waals surface area contributed by atoms with Crippen LogP contribution in [0.5, 0.6) is 17.2 Å². The van der Waals surface area contributed by atoms with Crippen molar-refractivity contribution in [3.05, 3.63) is 71.4 Å². The van der Waals surface area contributed by atoms with E-state index in [0.717, 1.165) is 16.5 Å². The van der Waals surface area contributed by atoms with Crippen LogP contribution in [0.25, 0.3) is 22.2 Å². The molecule has 1 unspecified atom stereocenters. The van der Waals surface area contributed by atoms with Crippen LogP contribution < -0.4 is 14.2 Å². The van der Waals surface area contributed by atoms with Crippen molar-refractivity contribution in [3.8, 4) is 34.4 Å². The summed E-state index contributed by atoms with van der Waals surface area (Å²) < 4.78 is 25.4. The van der Waals surface area contributed by atoms with Gasteiger partial charge < -0.3 is 9.47 Å². The van der Waals surface area contributed by atoms with E-state index in [1.807, 2.05) is 36.4 Å². The average molecular weight is 513 g/mol. The molecule has 0 spiro atoms. The Morgan fingerprint density at radius 2 is 1.88 bits per heavy atom. The van der Waals surface area contributed by atoms with Crippen molar-refractivity contribution in [2.24, 2.45) is 0 Å². The summed E-state index contributed by atoms with van der Waals surface area (Å²) in [5.41, 5.74) is 2.68. The minimum Gasteiger partial charge on any atom is -0.489 e. The van der Waals surface area contributed by atoms with Gasteiger partial charge in [0.1, 0.15) is 41.0 Å². The molecule has 0 aliphatic rings. The van der Waals surface area contributed by atoms with Gasteiger partial charge >= 0.3 is 0 Å². The molecule has 10 heteroatoms. The molecule has 0 saturated heterocycles. The van der Waals surface area contributed by atoms with E-state index >= 15 is 0 Å². The van der Waals surface area contributed by atoms with Crippen molar-refractivity contribution in [2.75, 3.05) is 23.5 Å². The molecule has 2 aromatic carbocycles. The highest BCUT2D eigenvalue weighted by atomic mass is 35.5. The Kier molecular flexibility index (Phi) is 7.48. The number of nitrogens with one attached hydrogen (secondary N) is 1. The Morgan fingerprint density at radius 3 is 2.59 bits per heavy atom. The Hall–Kier alpha value is -3.38. The number of halogens is 2. The largest absolute Gasteiger partial charge is 0.489 e. The van der Waals surface area contributed by atoms with Gasteiger partial charge in [0.2, 0.25) is 0 Å². The van der Waals surface area contributed by atoms with Gasteiger partial charge in [0, 0.05) is 35.5 Å². The van der Waals surface area contributed by atoms with Crippen LogP contribution >= 0.6 is 23.2 Å². The average Bonchev–Trinajstić information content (AvgIpc) is 2.83. The summed E-state index contributed by atoms with van der Waals surface area (Å²) in [6, 6.07) is 18.3. The number of hydrogen-bond acceptors (Lipinski definition) is 6. The lowest BCUT2D eigenvalue weighted by Gasteiger charge is -2.12. The third-order valence-electron chi connectivity index (χ3n) is 4.68. The van der Waals surface area contributed by atoms with Crippen LogP contribution in [-0.4, -0.2) is 32.9 Å². The highest BCUT2D eigenvalue weighted by Crippen LogP contribution is 2.35. The van der Waals surface area contributed by atoms with Crippen molar-refractivity contribution in [1.82, 2.24) is 9.97 Å². The maximum Gasteiger partial charge on any atom is 0.161 e. The zero-order valence-corrected chi connectivity index (χ0v) is 20.2. The molecule has 0 saturated carbocycles. The lowest BCUT2D eigenvalue weighted by atomic mass is 10.1. The van der Waals surface area contributed by atoms with Gasteiger partial charge in [0.25, 0.3) is 0 Å². The number of anilines is 1. The fourth-order valence-electron chi connectivity index (χ4n) is 3.22. The van der Waals surface area contributed by atoms with Crippen LogP contribution in [-0.2, 0) is 11.0 Å². The van der Waals surface area contributed by atoms with Crippen molar-refractivity contribution in [2.45, 2.75) is 0 Å². The van der Waals surface area contributed by atoms with E-state index in [2.05, 4.69) is 20.8 Å². The van der Waals surface area contributed by atoms with E-state index in [-0.39, 0.29) is 28.8 Å². The smallest absolute Gasteiger partial charge is 0.161 e. The highest BCUT2D eigenvalue weighted by molar-refractivity contribution is 7.85. The van der Waals surface area contributed by atoms with E-state index in [4.69, 9.17) is 32.7 Å². The summed E-state index contributed by atoms with van der Waals surface area (Å²) in [6.07, 6.45) is 3.27. The van der Waals surface area contributed by atoms with Crippen LogP contribution in [0.2, 0.25) is 5.02 Å². The molecule has 4 rings (SSSR count). The zero-order valence-electron chi connectivity index (χ0n) is 17.9. The first kappa shape index (κ1) is 23.8. The highest BCUT2D eigenvalue weighted by Gasteiger charge is 2.13. The Balaban J connectivity index is 1.53. The van der Waals surface area contributed by atoms with Crippen LogP contribution in [0.1, 0.15) is 5.56 Å². The van der Waals surface area contributed by atoms with Gasteiger partial charge in [-0.1, -0.05) is 23.7 Å². The van der Waals surface area contributed by atoms with E-state index in [1.54, 1.807) is 30.7 Å². The molecule has 0 aliphatic heterocycles. The molecule has 2 heterocycles. The third-order valence-corrected chi connectivity index (χ3v) is 5.61. The van der Waals surface area contributed by atoms with E-state index in [0.29, 0.717) is 23.0 Å². The Morgan fingerprint density at radius 1 is 1.09 bits per heavy atom. The summed E-state index contributed by atoms with van der Waals surface area (Å²) in [7, 11) is -1.20. The standard InChI is InChI=1S/C24H18Cl2N4O3S/c1-34(31)30-22-7-4-16-10-18(14-28-24(16)29-22)15-2-5-19(6-3-15)33-20-11-17(13-27)23(21(26)12-20)32-9-8-25/h2-7,10-12,14H,8-9H2,1H3,(H,28,29,30). The predicted octanol–water partition coefficient (Wildman–Crippen LogP) is 5.94. The number of nitrogens with zero attached hydrogens (tertiary/aromatic N) is 3.